The van der Waals surface area contributed by atoms with Crippen LogP contribution in [-0.4, -0.2) is 33.0 Å². The molecule has 1 aromatic heterocycles. The van der Waals surface area contributed by atoms with Crippen molar-refractivity contribution in [2.75, 3.05) is 18.1 Å². The fraction of sp³-hybridized carbons (Fsp3) is 0.833. The summed E-state index contributed by atoms with van der Waals surface area (Å²) < 4.78 is 2.71. The molecule has 0 saturated carbocycles. The standard InChI is InChI=1S/C12H23BrN4S/c1-5-6-14-10(8-18-7-9(2)3)11-12(13)15-16-17(11)4/h9-10,14H,5-8H2,1-4H3. The summed E-state index contributed by atoms with van der Waals surface area (Å²) in [6.07, 6.45) is 1.13. The molecule has 0 fully saturated rings. The minimum Gasteiger partial charge on any atom is -0.308 e. The number of aromatic nitrogens is 3. The highest BCUT2D eigenvalue weighted by Crippen LogP contribution is 2.24. The van der Waals surface area contributed by atoms with E-state index in [0.29, 0.717) is 6.04 Å². The Kier molecular flexibility index (Phi) is 7.26. The number of thioether (sulfide) groups is 1. The predicted molar refractivity (Wildman–Crippen MR) is 81.9 cm³/mol. The first kappa shape index (κ1) is 16.0. The van der Waals surface area contributed by atoms with E-state index in [1.165, 1.54) is 5.75 Å². The van der Waals surface area contributed by atoms with Crippen molar-refractivity contribution in [1.82, 2.24) is 20.3 Å². The number of rotatable bonds is 8. The summed E-state index contributed by atoms with van der Waals surface area (Å²) in [4.78, 5) is 0. The lowest BCUT2D eigenvalue weighted by Crippen LogP contribution is -2.26. The highest BCUT2D eigenvalue weighted by atomic mass is 79.9. The van der Waals surface area contributed by atoms with E-state index in [2.05, 4.69) is 52.3 Å². The van der Waals surface area contributed by atoms with Crippen molar-refractivity contribution in [3.63, 3.8) is 0 Å². The molecule has 0 saturated heterocycles. The summed E-state index contributed by atoms with van der Waals surface area (Å²) in [6.45, 7) is 7.71. The Hall–Kier alpha value is -0.0700. The van der Waals surface area contributed by atoms with E-state index in [1.54, 1.807) is 0 Å². The zero-order chi connectivity index (χ0) is 13.5. The van der Waals surface area contributed by atoms with Crippen molar-refractivity contribution in [3.8, 4) is 0 Å². The van der Waals surface area contributed by atoms with Crippen molar-refractivity contribution in [1.29, 1.82) is 0 Å². The van der Waals surface area contributed by atoms with Crippen LogP contribution in [-0.2, 0) is 7.05 Å². The second kappa shape index (κ2) is 8.17. The molecule has 1 unspecified atom stereocenters. The first-order chi connectivity index (χ1) is 8.56. The molecule has 0 aliphatic rings. The summed E-state index contributed by atoms with van der Waals surface area (Å²) in [5.74, 6) is 2.97. The maximum Gasteiger partial charge on any atom is 0.153 e. The Morgan fingerprint density at radius 3 is 2.61 bits per heavy atom. The van der Waals surface area contributed by atoms with Gasteiger partial charge in [0, 0.05) is 12.8 Å². The first-order valence-corrected chi connectivity index (χ1v) is 8.37. The number of hydrogen-bond acceptors (Lipinski definition) is 4. The van der Waals surface area contributed by atoms with Gasteiger partial charge in [-0.1, -0.05) is 26.0 Å². The molecule has 1 rings (SSSR count). The fourth-order valence-electron chi connectivity index (χ4n) is 1.68. The summed E-state index contributed by atoms with van der Waals surface area (Å²) in [7, 11) is 1.95. The average molecular weight is 335 g/mol. The molecular weight excluding hydrogens is 312 g/mol. The zero-order valence-electron chi connectivity index (χ0n) is 11.6. The molecule has 0 aliphatic carbocycles. The fourth-order valence-corrected chi connectivity index (χ4v) is 3.41. The highest BCUT2D eigenvalue weighted by Gasteiger charge is 2.19. The van der Waals surface area contributed by atoms with Gasteiger partial charge in [0.1, 0.15) is 0 Å². The lowest BCUT2D eigenvalue weighted by atomic mass is 10.2. The van der Waals surface area contributed by atoms with Crippen molar-refractivity contribution in [3.05, 3.63) is 10.3 Å². The van der Waals surface area contributed by atoms with Crippen molar-refractivity contribution < 1.29 is 0 Å². The van der Waals surface area contributed by atoms with Gasteiger partial charge < -0.3 is 5.32 Å². The van der Waals surface area contributed by atoms with Gasteiger partial charge in [-0.05, 0) is 40.6 Å². The molecule has 0 bridgehead atoms. The van der Waals surface area contributed by atoms with E-state index < -0.39 is 0 Å². The van der Waals surface area contributed by atoms with Crippen LogP contribution in [0.3, 0.4) is 0 Å². The zero-order valence-corrected chi connectivity index (χ0v) is 14.0. The summed E-state index contributed by atoms with van der Waals surface area (Å²) in [5.41, 5.74) is 1.14. The summed E-state index contributed by atoms with van der Waals surface area (Å²) >= 11 is 5.47. The van der Waals surface area contributed by atoms with Gasteiger partial charge in [-0.15, -0.1) is 5.10 Å². The van der Waals surface area contributed by atoms with Crippen LogP contribution < -0.4 is 5.32 Å². The van der Waals surface area contributed by atoms with Gasteiger partial charge in [-0.25, -0.2) is 4.68 Å². The van der Waals surface area contributed by atoms with Gasteiger partial charge >= 0.3 is 0 Å². The minimum absolute atomic E-state index is 0.308. The van der Waals surface area contributed by atoms with Crippen molar-refractivity contribution >= 4 is 27.7 Å². The smallest absolute Gasteiger partial charge is 0.153 e. The summed E-state index contributed by atoms with van der Waals surface area (Å²) in [5, 5.41) is 11.7. The van der Waals surface area contributed by atoms with Crippen LogP contribution in [0.5, 0.6) is 0 Å². The Morgan fingerprint density at radius 2 is 2.11 bits per heavy atom. The molecule has 1 N–H and O–H groups in total. The van der Waals surface area contributed by atoms with Gasteiger partial charge in [-0.2, -0.15) is 11.8 Å². The Morgan fingerprint density at radius 1 is 1.39 bits per heavy atom. The van der Waals surface area contributed by atoms with Crippen LogP contribution >= 0.6 is 27.7 Å². The molecule has 1 atom stereocenters. The molecule has 0 spiro atoms. The lowest BCUT2D eigenvalue weighted by Gasteiger charge is -2.19. The van der Waals surface area contributed by atoms with Gasteiger partial charge in [0.25, 0.3) is 0 Å². The summed E-state index contributed by atoms with van der Waals surface area (Å²) in [6, 6.07) is 0.308. The third-order valence-corrected chi connectivity index (χ3v) is 4.57. The molecule has 104 valence electrons. The van der Waals surface area contributed by atoms with E-state index in [0.717, 1.165) is 34.9 Å². The average Bonchev–Trinajstić information content (AvgIpc) is 2.63. The molecule has 0 amide bonds. The van der Waals surface area contributed by atoms with E-state index in [9.17, 15) is 0 Å². The maximum atomic E-state index is 4.07. The minimum atomic E-state index is 0.308. The molecule has 1 heterocycles. The maximum absolute atomic E-state index is 4.07. The van der Waals surface area contributed by atoms with Gasteiger partial charge in [0.15, 0.2) is 4.60 Å². The Bertz CT molecular complexity index is 334. The normalized spacial score (nSPS) is 13.2. The van der Waals surface area contributed by atoms with Gasteiger partial charge in [0.05, 0.1) is 11.7 Å². The molecule has 0 radical (unpaired) electrons. The Balaban J connectivity index is 2.65. The van der Waals surface area contributed by atoms with Gasteiger partial charge in [0.2, 0.25) is 0 Å². The lowest BCUT2D eigenvalue weighted by molar-refractivity contribution is 0.531. The molecule has 1 aromatic rings. The topological polar surface area (TPSA) is 42.7 Å². The van der Waals surface area contributed by atoms with Crippen molar-refractivity contribution in [2.45, 2.75) is 33.2 Å². The quantitative estimate of drug-likeness (QED) is 0.793. The largest absolute Gasteiger partial charge is 0.308 e. The second-order valence-corrected chi connectivity index (χ2v) is 6.65. The number of hydrogen-bond donors (Lipinski definition) is 1. The van der Waals surface area contributed by atoms with Crippen molar-refractivity contribution in [2.24, 2.45) is 13.0 Å². The Labute approximate surface area is 122 Å². The number of aryl methyl sites for hydroxylation is 1. The number of nitrogens with one attached hydrogen (secondary N) is 1. The first-order valence-electron chi connectivity index (χ1n) is 6.42. The molecule has 0 aliphatic heterocycles. The van der Waals surface area contributed by atoms with Crippen LogP contribution in [0, 0.1) is 5.92 Å². The molecule has 18 heavy (non-hydrogen) atoms. The van der Waals surface area contributed by atoms with Crippen LogP contribution in [0.4, 0.5) is 0 Å². The van der Waals surface area contributed by atoms with E-state index in [1.807, 2.05) is 23.5 Å². The number of nitrogens with zero attached hydrogens (tertiary/aromatic N) is 3. The molecular formula is C12H23BrN4S. The number of halogens is 1. The van der Waals surface area contributed by atoms with E-state index >= 15 is 0 Å². The highest BCUT2D eigenvalue weighted by molar-refractivity contribution is 9.10. The predicted octanol–water partition coefficient (Wildman–Crippen LogP) is 3.01. The third kappa shape index (κ3) is 4.90. The monoisotopic (exact) mass is 334 g/mol. The van der Waals surface area contributed by atoms with E-state index in [4.69, 9.17) is 0 Å². The molecule has 0 aromatic carbocycles. The van der Waals surface area contributed by atoms with Crippen LogP contribution in [0.25, 0.3) is 0 Å². The third-order valence-electron chi connectivity index (χ3n) is 2.53. The molecule has 4 nitrogen and oxygen atoms in total. The SMILES string of the molecule is CCCNC(CSCC(C)C)c1c(Br)nnn1C. The second-order valence-electron chi connectivity index (χ2n) is 4.83. The molecule has 6 heteroatoms. The van der Waals surface area contributed by atoms with Crippen LogP contribution in [0.15, 0.2) is 4.60 Å². The van der Waals surface area contributed by atoms with Gasteiger partial charge in [-0.3, -0.25) is 0 Å². The van der Waals surface area contributed by atoms with Crippen LogP contribution in [0.2, 0.25) is 0 Å². The van der Waals surface area contributed by atoms with E-state index in [-0.39, 0.29) is 0 Å². The van der Waals surface area contributed by atoms with Crippen LogP contribution in [0.1, 0.15) is 38.9 Å².